The first kappa shape index (κ1) is 18.9. The summed E-state index contributed by atoms with van der Waals surface area (Å²) in [6.45, 7) is 2.03. The van der Waals surface area contributed by atoms with Gasteiger partial charge in [0.15, 0.2) is 0 Å². The molecule has 0 radical (unpaired) electrons. The summed E-state index contributed by atoms with van der Waals surface area (Å²) in [5, 5.41) is 8.32. The van der Waals surface area contributed by atoms with Crippen molar-refractivity contribution in [2.45, 2.75) is 6.92 Å². The number of carbonyl (C=O) groups is 1. The normalized spacial score (nSPS) is 11.2. The van der Waals surface area contributed by atoms with Crippen LogP contribution in [0.3, 0.4) is 0 Å². The van der Waals surface area contributed by atoms with Gasteiger partial charge < -0.3 is 14.5 Å². The molecule has 7 nitrogen and oxygen atoms in total. The van der Waals surface area contributed by atoms with E-state index in [1.54, 1.807) is 23.9 Å². The minimum Gasteiger partial charge on any atom is -0.481 e. The number of rotatable bonds is 4. The molecule has 0 saturated carbocycles. The number of pyridine rings is 1. The minimum atomic E-state index is -0.209. The van der Waals surface area contributed by atoms with E-state index in [1.807, 2.05) is 73.2 Å². The van der Waals surface area contributed by atoms with Gasteiger partial charge in [0.25, 0.3) is 5.91 Å². The van der Waals surface area contributed by atoms with Gasteiger partial charge in [-0.05, 0) is 42.8 Å². The summed E-state index contributed by atoms with van der Waals surface area (Å²) in [6.07, 6.45) is 3.94. The third-order valence-electron chi connectivity index (χ3n) is 5.36. The molecule has 0 fully saturated rings. The molecular formula is C24H21N5O2. The van der Waals surface area contributed by atoms with Crippen LogP contribution in [0.25, 0.3) is 27.8 Å². The molecule has 0 bridgehead atoms. The van der Waals surface area contributed by atoms with Crippen molar-refractivity contribution in [1.82, 2.24) is 19.2 Å². The van der Waals surface area contributed by atoms with Gasteiger partial charge in [0.05, 0.1) is 29.4 Å². The summed E-state index contributed by atoms with van der Waals surface area (Å²) in [7, 11) is 3.42. The Hall–Kier alpha value is -4.13. The van der Waals surface area contributed by atoms with Crippen LogP contribution in [0, 0.1) is 6.92 Å². The fraction of sp³-hybridized carbons (Fsp3) is 0.125. The molecule has 1 amide bonds. The van der Waals surface area contributed by atoms with E-state index < -0.39 is 0 Å². The van der Waals surface area contributed by atoms with Crippen molar-refractivity contribution in [1.29, 1.82) is 0 Å². The first-order valence-corrected chi connectivity index (χ1v) is 9.91. The highest BCUT2D eigenvalue weighted by Crippen LogP contribution is 2.29. The summed E-state index contributed by atoms with van der Waals surface area (Å²) >= 11 is 0. The van der Waals surface area contributed by atoms with Crippen molar-refractivity contribution in [3.8, 4) is 17.1 Å². The molecule has 0 atom stereocenters. The van der Waals surface area contributed by atoms with E-state index in [4.69, 9.17) is 9.72 Å². The molecule has 0 spiro atoms. The zero-order valence-corrected chi connectivity index (χ0v) is 17.5. The average molecular weight is 411 g/mol. The van der Waals surface area contributed by atoms with Gasteiger partial charge >= 0.3 is 0 Å². The maximum atomic E-state index is 13.0. The molecule has 5 rings (SSSR count). The number of aromatic nitrogens is 4. The predicted octanol–water partition coefficient (Wildman–Crippen LogP) is 4.46. The fourth-order valence-corrected chi connectivity index (χ4v) is 3.85. The van der Waals surface area contributed by atoms with E-state index in [0.29, 0.717) is 22.6 Å². The lowest BCUT2D eigenvalue weighted by atomic mass is 10.1. The lowest BCUT2D eigenvalue weighted by Crippen LogP contribution is -2.12. The van der Waals surface area contributed by atoms with Crippen LogP contribution in [0.1, 0.15) is 15.9 Å². The monoisotopic (exact) mass is 411 g/mol. The maximum absolute atomic E-state index is 13.0. The SMILES string of the molecule is COc1c2ccc(C(=O)Nc3ccccc3-c3cn4cccc(C)c4n3)cc2nn1C. The Morgan fingerprint density at radius 1 is 1.10 bits per heavy atom. The smallest absolute Gasteiger partial charge is 0.255 e. The summed E-state index contributed by atoms with van der Waals surface area (Å²) in [4.78, 5) is 17.8. The van der Waals surface area contributed by atoms with Crippen LogP contribution in [0.4, 0.5) is 5.69 Å². The minimum absolute atomic E-state index is 0.209. The van der Waals surface area contributed by atoms with Gasteiger partial charge in [0.2, 0.25) is 5.88 Å². The van der Waals surface area contributed by atoms with Crippen LogP contribution in [-0.2, 0) is 7.05 Å². The number of nitrogens with zero attached hydrogens (tertiary/aromatic N) is 4. The Morgan fingerprint density at radius 2 is 1.94 bits per heavy atom. The van der Waals surface area contributed by atoms with Gasteiger partial charge in [-0.1, -0.05) is 24.3 Å². The number of fused-ring (bicyclic) bond motifs is 2. The molecular weight excluding hydrogens is 390 g/mol. The van der Waals surface area contributed by atoms with E-state index in [2.05, 4.69) is 10.4 Å². The van der Waals surface area contributed by atoms with E-state index in [1.165, 1.54) is 0 Å². The van der Waals surface area contributed by atoms with E-state index in [0.717, 1.165) is 27.9 Å². The van der Waals surface area contributed by atoms with Gasteiger partial charge in [-0.25, -0.2) is 9.67 Å². The van der Waals surface area contributed by atoms with Crippen LogP contribution < -0.4 is 10.1 Å². The summed E-state index contributed by atoms with van der Waals surface area (Å²) < 4.78 is 9.03. The molecule has 0 unspecified atom stereocenters. The third kappa shape index (κ3) is 3.20. The van der Waals surface area contributed by atoms with E-state index >= 15 is 0 Å². The van der Waals surface area contributed by atoms with Crippen molar-refractivity contribution in [3.63, 3.8) is 0 Å². The Labute approximate surface area is 178 Å². The molecule has 154 valence electrons. The van der Waals surface area contributed by atoms with Crippen LogP contribution in [0.15, 0.2) is 67.0 Å². The quantitative estimate of drug-likeness (QED) is 0.474. The number of benzene rings is 2. The highest BCUT2D eigenvalue weighted by molar-refractivity contribution is 6.08. The largest absolute Gasteiger partial charge is 0.481 e. The average Bonchev–Trinajstić information content (AvgIpc) is 3.34. The molecule has 1 N–H and O–H groups in total. The van der Waals surface area contributed by atoms with Crippen molar-refractivity contribution in [2.75, 3.05) is 12.4 Å². The number of nitrogens with one attached hydrogen (secondary N) is 1. The number of amides is 1. The molecule has 3 aromatic heterocycles. The lowest BCUT2D eigenvalue weighted by molar-refractivity contribution is 0.102. The van der Waals surface area contributed by atoms with E-state index in [-0.39, 0.29) is 5.91 Å². The summed E-state index contributed by atoms with van der Waals surface area (Å²) in [5.41, 5.74) is 5.58. The highest BCUT2D eigenvalue weighted by atomic mass is 16.5. The second-order valence-electron chi connectivity index (χ2n) is 7.41. The van der Waals surface area contributed by atoms with Gasteiger partial charge in [-0.15, -0.1) is 0 Å². The Morgan fingerprint density at radius 3 is 2.74 bits per heavy atom. The van der Waals surface area contributed by atoms with Gasteiger partial charge in [-0.2, -0.15) is 5.10 Å². The summed E-state index contributed by atoms with van der Waals surface area (Å²) in [6, 6.07) is 17.1. The number of methoxy groups -OCH3 is 1. The molecule has 0 aliphatic rings. The number of imidazole rings is 1. The third-order valence-corrected chi connectivity index (χ3v) is 5.36. The maximum Gasteiger partial charge on any atom is 0.255 e. The van der Waals surface area contributed by atoms with Gasteiger partial charge in [0, 0.05) is 30.6 Å². The van der Waals surface area contributed by atoms with Crippen LogP contribution >= 0.6 is 0 Å². The Bertz CT molecular complexity index is 1450. The topological polar surface area (TPSA) is 73.4 Å². The van der Waals surface area contributed by atoms with Crippen molar-refractivity contribution >= 4 is 28.1 Å². The Balaban J connectivity index is 1.50. The highest BCUT2D eigenvalue weighted by Gasteiger charge is 2.16. The van der Waals surface area contributed by atoms with Crippen LogP contribution in [0.5, 0.6) is 5.88 Å². The van der Waals surface area contributed by atoms with Gasteiger partial charge in [-0.3, -0.25) is 4.79 Å². The van der Waals surface area contributed by atoms with Crippen molar-refractivity contribution in [3.05, 3.63) is 78.1 Å². The zero-order valence-electron chi connectivity index (χ0n) is 17.5. The second-order valence-corrected chi connectivity index (χ2v) is 7.41. The van der Waals surface area contributed by atoms with Crippen LogP contribution in [-0.4, -0.2) is 32.2 Å². The molecule has 0 aliphatic heterocycles. The predicted molar refractivity (Wildman–Crippen MR) is 121 cm³/mol. The molecule has 3 heterocycles. The van der Waals surface area contributed by atoms with Crippen molar-refractivity contribution < 1.29 is 9.53 Å². The molecule has 2 aromatic carbocycles. The first-order chi connectivity index (χ1) is 15.0. The number of ether oxygens (including phenoxy) is 1. The number of anilines is 1. The molecule has 0 saturated heterocycles. The molecule has 7 heteroatoms. The number of carbonyl (C=O) groups excluding carboxylic acids is 1. The number of hydrogen-bond acceptors (Lipinski definition) is 4. The summed E-state index contributed by atoms with van der Waals surface area (Å²) in [5.74, 6) is 0.452. The van der Waals surface area contributed by atoms with Gasteiger partial charge in [0.1, 0.15) is 5.65 Å². The Kier molecular flexibility index (Phi) is 4.43. The van der Waals surface area contributed by atoms with E-state index in [9.17, 15) is 4.79 Å². The fourth-order valence-electron chi connectivity index (χ4n) is 3.85. The molecule has 5 aromatic rings. The number of para-hydroxylation sites is 1. The van der Waals surface area contributed by atoms with Crippen LogP contribution in [0.2, 0.25) is 0 Å². The molecule has 0 aliphatic carbocycles. The molecule has 31 heavy (non-hydrogen) atoms. The lowest BCUT2D eigenvalue weighted by Gasteiger charge is -2.09. The number of hydrogen-bond donors (Lipinski definition) is 1. The number of aryl methyl sites for hydroxylation is 2. The first-order valence-electron chi connectivity index (χ1n) is 9.91. The second kappa shape index (κ2) is 7.28. The zero-order chi connectivity index (χ0) is 21.5. The standard InChI is InChI=1S/C24H21N5O2/c1-15-7-6-12-29-14-21(25-22(15)29)17-8-4-5-9-19(17)26-23(30)16-10-11-18-20(13-16)27-28(2)24(18)31-3/h4-14H,1-3H3,(H,26,30). The van der Waals surface area contributed by atoms with Crippen molar-refractivity contribution in [2.24, 2.45) is 7.05 Å².